The predicted molar refractivity (Wildman–Crippen MR) is 265 cm³/mol. The lowest BCUT2D eigenvalue weighted by atomic mass is 9.95. The fraction of sp³-hybridized carbons (Fsp3) is 0.712. The Hall–Kier alpha value is -5.63. The van der Waals surface area contributed by atoms with E-state index in [1.807, 2.05) is 27.7 Å². The molecule has 0 aliphatic carbocycles. The van der Waals surface area contributed by atoms with Crippen LogP contribution in [0.3, 0.4) is 0 Å². The van der Waals surface area contributed by atoms with Crippen molar-refractivity contribution in [3.63, 3.8) is 0 Å². The number of likely N-dealkylation sites (tertiary alicyclic amines) is 1. The van der Waals surface area contributed by atoms with Crippen molar-refractivity contribution in [3.8, 4) is 0 Å². The largest absolute Gasteiger partial charge is 0.458 e. The number of carbonyl (C=O) groups is 9. The van der Waals surface area contributed by atoms with Crippen molar-refractivity contribution in [1.82, 2.24) is 35.6 Å². The Kier molecular flexibility index (Phi) is 21.6. The SMILES string of the molecule is CC(C)C[C@@H]1NC(=O)C(C(C)C)OC(=O)C[C@H](O)[C@@H](C(C)C)NC(=O)[C@@H](NC(=O)[C@@H](CC(C)C)N(C)C(=O)[C@@H]2CCCN2C(=O)[C@H](C)O)[C@@H](C)OC(=O)[C@H](Cc2ccccc2)N(C)C(=O)[C@@H]2CCCN2C1=O. The van der Waals surface area contributed by atoms with Crippen molar-refractivity contribution in [2.45, 2.75) is 187 Å². The molecule has 3 fully saturated rings. The number of ether oxygens (including phenoxy) is 2. The van der Waals surface area contributed by atoms with Crippen LogP contribution in [0.25, 0.3) is 0 Å². The molecule has 0 radical (unpaired) electrons. The molecule has 20 nitrogen and oxygen atoms in total. The molecular weight excluding hydrogens is 931 g/mol. The Bertz CT molecular complexity index is 2080. The lowest BCUT2D eigenvalue weighted by molar-refractivity contribution is -0.162. The monoisotopic (exact) mass is 1010 g/mol. The minimum absolute atomic E-state index is 0.0457. The van der Waals surface area contributed by atoms with Crippen LogP contribution in [0.4, 0.5) is 0 Å². The molecule has 0 saturated carbocycles. The summed E-state index contributed by atoms with van der Waals surface area (Å²) in [6.45, 7) is 17.2. The van der Waals surface area contributed by atoms with E-state index in [2.05, 4.69) is 16.0 Å². The van der Waals surface area contributed by atoms with Crippen LogP contribution in [-0.2, 0) is 59.0 Å². The van der Waals surface area contributed by atoms with Gasteiger partial charge in [-0.3, -0.25) is 38.4 Å². The number of aliphatic hydroxyl groups excluding tert-OH is 2. The molecule has 11 atom stereocenters. The van der Waals surface area contributed by atoms with Gasteiger partial charge in [0.2, 0.25) is 29.5 Å². The smallest absolute Gasteiger partial charge is 0.329 e. The van der Waals surface area contributed by atoms with Crippen molar-refractivity contribution >= 4 is 53.3 Å². The second kappa shape index (κ2) is 26.4. The minimum atomic E-state index is -1.71. The number of amides is 7. The van der Waals surface area contributed by atoms with E-state index in [0.717, 1.165) is 0 Å². The number of likely N-dealkylation sites (N-methyl/N-ethyl adjacent to an activating group) is 2. The number of hydrogen-bond donors (Lipinski definition) is 5. The molecule has 3 saturated heterocycles. The van der Waals surface area contributed by atoms with Crippen LogP contribution in [0, 0.1) is 23.7 Å². The van der Waals surface area contributed by atoms with Gasteiger partial charge in [-0.25, -0.2) is 4.79 Å². The second-order valence-electron chi connectivity index (χ2n) is 21.3. The highest BCUT2D eigenvalue weighted by molar-refractivity contribution is 5.97. The first-order valence-electron chi connectivity index (χ1n) is 25.6. The van der Waals surface area contributed by atoms with E-state index in [1.165, 1.54) is 47.5 Å². The van der Waals surface area contributed by atoms with Crippen molar-refractivity contribution < 1.29 is 62.8 Å². The van der Waals surface area contributed by atoms with Crippen molar-refractivity contribution in [3.05, 3.63) is 35.9 Å². The number of nitrogens with zero attached hydrogens (tertiary/aromatic N) is 4. The summed E-state index contributed by atoms with van der Waals surface area (Å²) in [5.74, 6) is -8.09. The molecule has 7 amide bonds. The summed E-state index contributed by atoms with van der Waals surface area (Å²) in [5.41, 5.74) is 0.657. The van der Waals surface area contributed by atoms with E-state index in [9.17, 15) is 53.4 Å². The summed E-state index contributed by atoms with van der Waals surface area (Å²) < 4.78 is 11.8. The van der Waals surface area contributed by atoms with Crippen LogP contribution in [0.5, 0.6) is 0 Å². The minimum Gasteiger partial charge on any atom is -0.458 e. The van der Waals surface area contributed by atoms with Crippen LogP contribution < -0.4 is 16.0 Å². The number of esters is 2. The van der Waals surface area contributed by atoms with E-state index in [-0.39, 0.29) is 50.6 Å². The van der Waals surface area contributed by atoms with Gasteiger partial charge in [0.25, 0.3) is 11.8 Å². The van der Waals surface area contributed by atoms with Gasteiger partial charge in [0, 0.05) is 33.6 Å². The Morgan fingerprint density at radius 3 is 2.06 bits per heavy atom. The molecule has 402 valence electrons. The van der Waals surface area contributed by atoms with Crippen LogP contribution in [0.15, 0.2) is 30.3 Å². The number of carbonyl (C=O) groups excluding carboxylic acids is 9. The normalized spacial score (nSPS) is 27.5. The fourth-order valence-electron chi connectivity index (χ4n) is 9.76. The molecule has 3 aliphatic heterocycles. The van der Waals surface area contributed by atoms with Crippen molar-refractivity contribution in [2.75, 3.05) is 27.2 Å². The third-order valence-electron chi connectivity index (χ3n) is 13.8. The molecule has 4 rings (SSSR count). The number of hydrogen-bond acceptors (Lipinski definition) is 13. The lowest BCUT2D eigenvalue weighted by Crippen LogP contribution is -2.62. The van der Waals surface area contributed by atoms with Crippen LogP contribution in [0.2, 0.25) is 0 Å². The number of rotatable bonds is 13. The highest BCUT2D eigenvalue weighted by Crippen LogP contribution is 2.26. The third-order valence-corrected chi connectivity index (χ3v) is 13.8. The number of cyclic esters (lactones) is 2. The zero-order valence-electron chi connectivity index (χ0n) is 44.3. The highest BCUT2D eigenvalue weighted by atomic mass is 16.6. The van der Waals surface area contributed by atoms with Crippen molar-refractivity contribution in [1.29, 1.82) is 0 Å². The van der Waals surface area contributed by atoms with E-state index in [0.29, 0.717) is 24.8 Å². The first kappa shape index (κ1) is 58.9. The molecule has 3 aliphatic rings. The Labute approximate surface area is 424 Å². The quantitative estimate of drug-likeness (QED) is 0.177. The van der Waals surface area contributed by atoms with Crippen LogP contribution in [0.1, 0.15) is 120 Å². The molecule has 20 heteroatoms. The third kappa shape index (κ3) is 15.2. The van der Waals surface area contributed by atoms with E-state index >= 15 is 0 Å². The molecule has 5 N–H and O–H groups in total. The fourth-order valence-corrected chi connectivity index (χ4v) is 9.76. The number of aliphatic hydroxyl groups is 2. The number of nitrogens with one attached hydrogen (secondary N) is 3. The van der Waals surface area contributed by atoms with Gasteiger partial charge in [0.05, 0.1) is 18.6 Å². The molecule has 1 aromatic carbocycles. The summed E-state index contributed by atoms with van der Waals surface area (Å²) >= 11 is 0. The molecule has 72 heavy (non-hydrogen) atoms. The average Bonchev–Trinajstić information content (AvgIpc) is 4.01. The standard InChI is InChI=1S/C52H81N7O13/c1-28(2)24-35-49(67)59-23-17-21-37(59)51(69)57(12)39(26-34-18-14-13-15-19-34)52(70)71-33(10)43(46(64)54-42(30(5)6)40(61)27-41(62)72-44(31(7)8)47(65)53-35)55-45(63)38(25-29(3)4)56(11)50(68)36-20-16-22-58(36)48(66)32(9)60/h13-15,18-19,28-33,35-40,42-44,60-61H,16-17,20-27H2,1-12H3,(H,53,65)(H,54,64)(H,55,63)/t32-,33+,35-,36-,37-,38+,39-,40-,42+,43-,44?/m0/s1. The number of benzene rings is 1. The topological polar surface area (TPSA) is 262 Å². The summed E-state index contributed by atoms with van der Waals surface area (Å²) in [7, 11) is 2.84. The molecule has 1 aromatic rings. The van der Waals surface area contributed by atoms with Gasteiger partial charge >= 0.3 is 11.9 Å². The molecular formula is C52H81N7O13. The first-order chi connectivity index (χ1) is 33.7. The van der Waals surface area contributed by atoms with E-state index in [4.69, 9.17) is 9.47 Å². The van der Waals surface area contributed by atoms with E-state index < -0.39 is 138 Å². The van der Waals surface area contributed by atoms with Crippen LogP contribution >= 0.6 is 0 Å². The maximum absolute atomic E-state index is 14.8. The first-order valence-corrected chi connectivity index (χ1v) is 25.6. The highest BCUT2D eigenvalue weighted by Gasteiger charge is 2.45. The predicted octanol–water partition coefficient (Wildman–Crippen LogP) is 1.71. The van der Waals surface area contributed by atoms with E-state index in [1.54, 1.807) is 58.0 Å². The van der Waals surface area contributed by atoms with Gasteiger partial charge in [0.1, 0.15) is 48.5 Å². The zero-order chi connectivity index (χ0) is 53.9. The average molecular weight is 1010 g/mol. The van der Waals surface area contributed by atoms with Gasteiger partial charge < -0.3 is 55.2 Å². The van der Waals surface area contributed by atoms with Crippen LogP contribution in [-0.4, -0.2) is 177 Å². The summed E-state index contributed by atoms with van der Waals surface area (Å²) in [6, 6.07) is 0.329. The van der Waals surface area contributed by atoms with Gasteiger partial charge in [0.15, 0.2) is 6.10 Å². The maximum atomic E-state index is 14.8. The second-order valence-corrected chi connectivity index (χ2v) is 21.3. The Morgan fingerprint density at radius 2 is 1.47 bits per heavy atom. The van der Waals surface area contributed by atoms with Gasteiger partial charge in [-0.2, -0.15) is 0 Å². The number of fused-ring (bicyclic) bond motifs is 1. The van der Waals surface area contributed by atoms with Gasteiger partial charge in [-0.15, -0.1) is 0 Å². The zero-order valence-corrected chi connectivity index (χ0v) is 44.3. The van der Waals surface area contributed by atoms with Gasteiger partial charge in [-0.1, -0.05) is 85.7 Å². The molecule has 3 heterocycles. The molecule has 0 aromatic heterocycles. The van der Waals surface area contributed by atoms with Gasteiger partial charge in [-0.05, 0) is 81.6 Å². The Morgan fingerprint density at radius 1 is 0.833 bits per heavy atom. The van der Waals surface area contributed by atoms with Crippen molar-refractivity contribution in [2.24, 2.45) is 23.7 Å². The molecule has 1 unspecified atom stereocenters. The summed E-state index contributed by atoms with van der Waals surface area (Å²) in [5, 5.41) is 30.0. The molecule has 0 spiro atoms. The summed E-state index contributed by atoms with van der Waals surface area (Å²) in [6.07, 6.45) is -4.78. The Balaban J connectivity index is 1.83. The molecule has 0 bridgehead atoms. The lowest BCUT2D eigenvalue weighted by Gasteiger charge is -2.36. The maximum Gasteiger partial charge on any atom is 0.329 e. The summed E-state index contributed by atoms with van der Waals surface area (Å²) in [4.78, 5) is 133.